The lowest BCUT2D eigenvalue weighted by Crippen LogP contribution is -2.37. The van der Waals surface area contributed by atoms with Crippen molar-refractivity contribution in [2.45, 2.75) is 39.3 Å². The molecule has 1 aromatic carbocycles. The quantitative estimate of drug-likeness (QED) is 0.864. The summed E-state index contributed by atoms with van der Waals surface area (Å²) in [4.78, 5) is 2.38. The van der Waals surface area contributed by atoms with Crippen molar-refractivity contribution in [1.29, 1.82) is 0 Å². The summed E-state index contributed by atoms with van der Waals surface area (Å²) in [5, 5.41) is 3.51. The highest BCUT2D eigenvalue weighted by Crippen LogP contribution is 2.13. The molecular weight excluding hydrogens is 227 g/mol. The number of likely N-dealkylation sites (N-methyl/N-ethyl adjacent to an activating group) is 1. The molecule has 1 aliphatic heterocycles. The maximum atomic E-state index is 13.5. The fraction of sp³-hybridized carbons (Fsp3) is 0.600. The third-order valence-corrected chi connectivity index (χ3v) is 3.73. The third kappa shape index (κ3) is 3.53. The van der Waals surface area contributed by atoms with Crippen molar-refractivity contribution < 1.29 is 4.39 Å². The first kappa shape index (κ1) is 13.5. The zero-order valence-electron chi connectivity index (χ0n) is 11.4. The summed E-state index contributed by atoms with van der Waals surface area (Å²) in [7, 11) is 0. The van der Waals surface area contributed by atoms with E-state index in [1.807, 2.05) is 12.1 Å². The van der Waals surface area contributed by atoms with Crippen LogP contribution in [0, 0.1) is 12.7 Å². The van der Waals surface area contributed by atoms with Gasteiger partial charge in [0.2, 0.25) is 0 Å². The second kappa shape index (κ2) is 6.30. The van der Waals surface area contributed by atoms with Crippen molar-refractivity contribution in [2.75, 3.05) is 19.6 Å². The molecule has 0 radical (unpaired) electrons. The van der Waals surface area contributed by atoms with E-state index in [1.54, 1.807) is 13.0 Å². The minimum atomic E-state index is -0.0949. The summed E-state index contributed by atoms with van der Waals surface area (Å²) in [6.07, 6.45) is 2.54. The van der Waals surface area contributed by atoms with Crippen LogP contribution in [-0.2, 0) is 6.54 Å². The van der Waals surface area contributed by atoms with Crippen LogP contribution in [0.1, 0.15) is 30.9 Å². The van der Waals surface area contributed by atoms with Gasteiger partial charge in [0.25, 0.3) is 0 Å². The Bertz CT molecular complexity index is 386. The van der Waals surface area contributed by atoms with Crippen LogP contribution in [0.3, 0.4) is 0 Å². The Balaban J connectivity index is 1.94. The second-order valence-electron chi connectivity index (χ2n) is 5.20. The fourth-order valence-corrected chi connectivity index (χ4v) is 2.52. The number of hydrogen-bond acceptors (Lipinski definition) is 2. The molecule has 0 bridgehead atoms. The van der Waals surface area contributed by atoms with Crippen LogP contribution < -0.4 is 5.32 Å². The Labute approximate surface area is 109 Å². The highest BCUT2D eigenvalue weighted by Gasteiger charge is 2.17. The minimum Gasteiger partial charge on any atom is -0.313 e. The first-order valence-corrected chi connectivity index (χ1v) is 6.90. The maximum absolute atomic E-state index is 13.5. The van der Waals surface area contributed by atoms with Crippen LogP contribution in [-0.4, -0.2) is 30.6 Å². The van der Waals surface area contributed by atoms with Gasteiger partial charge >= 0.3 is 0 Å². The van der Waals surface area contributed by atoms with E-state index in [9.17, 15) is 4.39 Å². The molecule has 0 saturated carbocycles. The number of aryl methyl sites for hydroxylation is 1. The molecule has 0 aromatic heterocycles. The molecule has 2 rings (SSSR count). The van der Waals surface area contributed by atoms with Crippen LogP contribution in [0.15, 0.2) is 18.2 Å². The van der Waals surface area contributed by atoms with Gasteiger partial charge in [-0.3, -0.25) is 4.90 Å². The lowest BCUT2D eigenvalue weighted by molar-refractivity contribution is 0.253. The van der Waals surface area contributed by atoms with Gasteiger partial charge in [-0.1, -0.05) is 19.1 Å². The molecule has 18 heavy (non-hydrogen) atoms. The zero-order valence-corrected chi connectivity index (χ0v) is 11.4. The third-order valence-electron chi connectivity index (χ3n) is 3.73. The number of benzene rings is 1. The number of hydrogen-bond donors (Lipinski definition) is 1. The molecule has 1 aromatic rings. The van der Waals surface area contributed by atoms with Crippen LogP contribution in [0.5, 0.6) is 0 Å². The Kier molecular flexibility index (Phi) is 4.72. The van der Waals surface area contributed by atoms with E-state index < -0.39 is 0 Å². The van der Waals surface area contributed by atoms with E-state index in [2.05, 4.69) is 17.1 Å². The average Bonchev–Trinajstić information content (AvgIpc) is 2.86. The molecule has 3 heteroatoms. The summed E-state index contributed by atoms with van der Waals surface area (Å²) < 4.78 is 13.5. The molecule has 100 valence electrons. The van der Waals surface area contributed by atoms with Crippen LogP contribution in [0.25, 0.3) is 0 Å². The number of rotatable bonds is 5. The van der Waals surface area contributed by atoms with Gasteiger partial charge in [0.05, 0.1) is 0 Å². The van der Waals surface area contributed by atoms with Gasteiger partial charge < -0.3 is 5.32 Å². The van der Waals surface area contributed by atoms with Crippen LogP contribution >= 0.6 is 0 Å². The van der Waals surface area contributed by atoms with Crippen molar-refractivity contribution in [3.8, 4) is 0 Å². The minimum absolute atomic E-state index is 0.0949. The van der Waals surface area contributed by atoms with Crippen LogP contribution in [0.4, 0.5) is 4.39 Å². The van der Waals surface area contributed by atoms with Gasteiger partial charge in [-0.25, -0.2) is 4.39 Å². The first-order valence-electron chi connectivity index (χ1n) is 6.90. The van der Waals surface area contributed by atoms with Gasteiger partial charge in [0, 0.05) is 19.1 Å². The van der Waals surface area contributed by atoms with E-state index in [4.69, 9.17) is 0 Å². The smallest absolute Gasteiger partial charge is 0.126 e. The van der Waals surface area contributed by atoms with Crippen molar-refractivity contribution in [1.82, 2.24) is 10.2 Å². The summed E-state index contributed by atoms with van der Waals surface area (Å²) in [6, 6.07) is 6.18. The normalized spacial score (nSPS) is 19.7. The Morgan fingerprint density at radius 2 is 2.28 bits per heavy atom. The van der Waals surface area contributed by atoms with E-state index in [0.717, 1.165) is 37.3 Å². The molecule has 1 heterocycles. The van der Waals surface area contributed by atoms with E-state index >= 15 is 0 Å². The highest BCUT2D eigenvalue weighted by molar-refractivity contribution is 5.23. The van der Waals surface area contributed by atoms with Gasteiger partial charge in [-0.05, 0) is 50.0 Å². The largest absolute Gasteiger partial charge is 0.313 e. The van der Waals surface area contributed by atoms with Crippen molar-refractivity contribution in [3.63, 3.8) is 0 Å². The Morgan fingerprint density at radius 3 is 2.89 bits per heavy atom. The molecule has 0 spiro atoms. The molecule has 1 fully saturated rings. The summed E-state index contributed by atoms with van der Waals surface area (Å²) in [5.74, 6) is -0.0949. The molecule has 1 N–H and O–H groups in total. The van der Waals surface area contributed by atoms with E-state index in [-0.39, 0.29) is 5.82 Å². The monoisotopic (exact) mass is 250 g/mol. The highest BCUT2D eigenvalue weighted by atomic mass is 19.1. The van der Waals surface area contributed by atoms with Gasteiger partial charge in [0.15, 0.2) is 0 Å². The zero-order chi connectivity index (χ0) is 13.0. The molecular formula is C15H23FN2. The molecule has 0 aliphatic carbocycles. The molecule has 2 nitrogen and oxygen atoms in total. The summed E-state index contributed by atoms with van der Waals surface area (Å²) in [5.41, 5.74) is 1.79. The molecule has 1 atom stereocenters. The predicted molar refractivity (Wildman–Crippen MR) is 73.1 cm³/mol. The van der Waals surface area contributed by atoms with Crippen molar-refractivity contribution >= 4 is 0 Å². The van der Waals surface area contributed by atoms with Crippen LogP contribution in [0.2, 0.25) is 0 Å². The number of halogens is 1. The second-order valence-corrected chi connectivity index (χ2v) is 5.20. The predicted octanol–water partition coefficient (Wildman–Crippen LogP) is 2.71. The molecule has 1 unspecified atom stereocenters. The van der Waals surface area contributed by atoms with Gasteiger partial charge in [-0.15, -0.1) is 0 Å². The topological polar surface area (TPSA) is 15.3 Å². The molecule has 1 aliphatic rings. The summed E-state index contributed by atoms with van der Waals surface area (Å²) >= 11 is 0. The first-order chi connectivity index (χ1) is 8.69. The average molecular weight is 250 g/mol. The summed E-state index contributed by atoms with van der Waals surface area (Å²) in [6.45, 7) is 8.02. The van der Waals surface area contributed by atoms with E-state index in [1.165, 1.54) is 12.8 Å². The number of nitrogens with one attached hydrogen (secondary N) is 1. The lowest BCUT2D eigenvalue weighted by Gasteiger charge is -2.24. The lowest BCUT2D eigenvalue weighted by atomic mass is 10.1. The Morgan fingerprint density at radius 1 is 1.44 bits per heavy atom. The van der Waals surface area contributed by atoms with Crippen molar-refractivity contribution in [2.24, 2.45) is 0 Å². The van der Waals surface area contributed by atoms with Gasteiger partial charge in [0.1, 0.15) is 5.82 Å². The standard InChI is InChI=1S/C15H23FN2/c1-3-18(11-14-5-4-8-17-14)10-13-7-6-12(2)15(16)9-13/h6-7,9,14,17H,3-5,8,10-11H2,1-2H3. The molecule has 0 amide bonds. The van der Waals surface area contributed by atoms with Crippen molar-refractivity contribution in [3.05, 3.63) is 35.1 Å². The maximum Gasteiger partial charge on any atom is 0.126 e. The SMILES string of the molecule is CCN(Cc1ccc(C)c(F)c1)CC1CCCN1. The van der Waals surface area contributed by atoms with E-state index in [0.29, 0.717) is 6.04 Å². The fourth-order valence-electron chi connectivity index (χ4n) is 2.52. The number of nitrogens with zero attached hydrogens (tertiary/aromatic N) is 1. The molecule has 1 saturated heterocycles. The van der Waals surface area contributed by atoms with Gasteiger partial charge in [-0.2, -0.15) is 0 Å². The Hall–Kier alpha value is -0.930.